The number of rotatable bonds is 6. The number of nitrogens with two attached hydrogens (primary N) is 1. The average Bonchev–Trinajstić information content (AvgIpc) is 3.57. The lowest BCUT2D eigenvalue weighted by molar-refractivity contribution is -0.138. The van der Waals surface area contributed by atoms with Crippen LogP contribution in [0.3, 0.4) is 0 Å². The molecule has 0 radical (unpaired) electrons. The minimum Gasteiger partial charge on any atom is -0.481 e. The molecule has 8 heteroatoms. The molecule has 0 spiro atoms. The highest BCUT2D eigenvalue weighted by molar-refractivity contribution is 5.72. The Labute approximate surface area is 188 Å². The van der Waals surface area contributed by atoms with Gasteiger partial charge in [-0.15, -0.1) is 5.10 Å². The van der Waals surface area contributed by atoms with Crippen molar-refractivity contribution in [2.45, 2.75) is 45.3 Å². The highest BCUT2D eigenvalue weighted by Crippen LogP contribution is 2.28. The number of carboxylic acid groups (broad SMARTS) is 1. The van der Waals surface area contributed by atoms with E-state index in [-0.39, 0.29) is 5.92 Å². The predicted molar refractivity (Wildman–Crippen MR) is 123 cm³/mol. The van der Waals surface area contributed by atoms with Gasteiger partial charge < -0.3 is 15.6 Å². The van der Waals surface area contributed by atoms with Gasteiger partial charge >= 0.3 is 5.97 Å². The molecule has 1 aliphatic carbocycles. The van der Waals surface area contributed by atoms with Crippen LogP contribution in [0, 0.1) is 5.92 Å². The maximum Gasteiger partial charge on any atom is 0.306 e. The van der Waals surface area contributed by atoms with E-state index in [0.29, 0.717) is 12.1 Å². The molecule has 2 aliphatic rings. The van der Waals surface area contributed by atoms with E-state index < -0.39 is 5.97 Å². The Balaban J connectivity index is 0.000000354. The first kappa shape index (κ1) is 22.2. The van der Waals surface area contributed by atoms with Gasteiger partial charge in [0.25, 0.3) is 0 Å². The molecular weight excluding hydrogens is 406 g/mol. The number of aromatic nitrogens is 3. The lowest BCUT2D eigenvalue weighted by Gasteiger charge is -2.31. The number of anilines is 1. The van der Waals surface area contributed by atoms with Crippen molar-refractivity contribution in [3.8, 4) is 11.3 Å². The van der Waals surface area contributed by atoms with Gasteiger partial charge in [-0.05, 0) is 50.3 Å². The van der Waals surface area contributed by atoms with Gasteiger partial charge in [-0.2, -0.15) is 4.98 Å². The van der Waals surface area contributed by atoms with Crippen LogP contribution in [0.2, 0.25) is 0 Å². The van der Waals surface area contributed by atoms with Gasteiger partial charge in [-0.1, -0.05) is 30.3 Å². The number of nitrogens with zero attached hydrogens (tertiary/aromatic N) is 4. The highest BCUT2D eigenvalue weighted by Gasteiger charge is 2.28. The number of nitrogen functional groups attached to an aromatic ring is 1. The zero-order valence-corrected chi connectivity index (χ0v) is 18.5. The van der Waals surface area contributed by atoms with Crippen LogP contribution in [0.4, 0.5) is 5.95 Å². The Morgan fingerprint density at radius 1 is 1.12 bits per heavy atom. The van der Waals surface area contributed by atoms with Gasteiger partial charge in [-0.3, -0.25) is 9.69 Å². The van der Waals surface area contributed by atoms with E-state index in [1.54, 1.807) is 4.52 Å². The van der Waals surface area contributed by atoms with Crippen LogP contribution in [0.5, 0.6) is 0 Å². The van der Waals surface area contributed by atoms with Crippen molar-refractivity contribution in [2.75, 3.05) is 25.4 Å². The summed E-state index contributed by atoms with van der Waals surface area (Å²) in [5, 5.41) is 12.3. The largest absolute Gasteiger partial charge is 0.481 e. The first-order valence-electron chi connectivity index (χ1n) is 11.3. The Hall–Kier alpha value is -2.97. The van der Waals surface area contributed by atoms with Gasteiger partial charge in [0.1, 0.15) is 0 Å². The van der Waals surface area contributed by atoms with E-state index in [1.807, 2.05) is 18.2 Å². The summed E-state index contributed by atoms with van der Waals surface area (Å²) in [7, 11) is 0. The van der Waals surface area contributed by atoms with Crippen molar-refractivity contribution in [3.63, 3.8) is 0 Å². The summed E-state index contributed by atoms with van der Waals surface area (Å²) in [6, 6.07) is 14.6. The fourth-order valence-corrected chi connectivity index (χ4v) is 3.98. The lowest BCUT2D eigenvalue weighted by atomic mass is 10.1. The molecule has 1 aromatic carbocycles. The second-order valence-corrected chi connectivity index (χ2v) is 8.39. The van der Waals surface area contributed by atoms with Crippen molar-refractivity contribution in [2.24, 2.45) is 5.92 Å². The quantitative estimate of drug-likeness (QED) is 0.608. The Kier molecular flexibility index (Phi) is 7.02. The Bertz CT molecular complexity index is 1040. The smallest absolute Gasteiger partial charge is 0.306 e. The maximum atomic E-state index is 9.76. The van der Waals surface area contributed by atoms with E-state index >= 15 is 0 Å². The Morgan fingerprint density at radius 2 is 1.84 bits per heavy atom. The van der Waals surface area contributed by atoms with Crippen LogP contribution in [-0.2, 0) is 16.1 Å². The summed E-state index contributed by atoms with van der Waals surface area (Å²) in [5.74, 6) is -0.315. The molecule has 0 atom stereocenters. The summed E-state index contributed by atoms with van der Waals surface area (Å²) in [4.78, 5) is 16.5. The molecule has 8 nitrogen and oxygen atoms in total. The molecule has 1 saturated carbocycles. The van der Waals surface area contributed by atoms with Gasteiger partial charge in [0.05, 0.1) is 17.7 Å². The van der Waals surface area contributed by atoms with Crippen molar-refractivity contribution < 1.29 is 14.6 Å². The third kappa shape index (κ3) is 5.63. The molecule has 32 heavy (non-hydrogen) atoms. The van der Waals surface area contributed by atoms with Crippen LogP contribution in [-0.4, -0.2) is 56.4 Å². The SMILES string of the molecule is CCOC1CCN(Cc2ccc(-c3cccc4nc(N)nn34)cc2)CC1.O=C(O)C1CC1. The molecule has 3 heterocycles. The van der Waals surface area contributed by atoms with Crippen molar-refractivity contribution in [1.29, 1.82) is 0 Å². The molecule has 2 aromatic heterocycles. The zero-order valence-electron chi connectivity index (χ0n) is 18.5. The van der Waals surface area contributed by atoms with Crippen molar-refractivity contribution in [1.82, 2.24) is 19.5 Å². The molecular formula is C24H31N5O3. The molecule has 3 aromatic rings. The topological polar surface area (TPSA) is 106 Å². The summed E-state index contributed by atoms with van der Waals surface area (Å²) >= 11 is 0. The highest BCUT2D eigenvalue weighted by atomic mass is 16.5. The van der Waals surface area contributed by atoms with E-state index in [0.717, 1.165) is 68.8 Å². The second kappa shape index (κ2) is 10.1. The molecule has 2 fully saturated rings. The molecule has 0 amide bonds. The fraction of sp³-hybridized carbons (Fsp3) is 0.458. The predicted octanol–water partition coefficient (Wildman–Crippen LogP) is 3.46. The number of carbonyl (C=O) groups is 1. The normalized spacial score (nSPS) is 17.2. The molecule has 3 N–H and O–H groups in total. The lowest BCUT2D eigenvalue weighted by Crippen LogP contribution is -2.36. The third-order valence-corrected chi connectivity index (χ3v) is 5.90. The number of fused-ring (bicyclic) bond motifs is 1. The van der Waals surface area contributed by atoms with Gasteiger partial charge in [0, 0.05) is 31.8 Å². The number of hydrogen-bond donors (Lipinski definition) is 2. The number of carboxylic acids is 1. The van der Waals surface area contributed by atoms with Crippen LogP contribution in [0.1, 0.15) is 38.2 Å². The van der Waals surface area contributed by atoms with E-state index in [9.17, 15) is 4.79 Å². The summed E-state index contributed by atoms with van der Waals surface area (Å²) < 4.78 is 7.53. The standard InChI is InChI=1S/C20H25N5O.C4H6O2/c1-2-26-17-10-12-24(13-11-17)14-15-6-8-16(9-7-15)18-4-3-5-19-22-20(21)23-25(18)19;5-4(6)3-1-2-3/h3-9,17H,2,10-14H2,1H3,(H2,21,23);3H,1-2H2,(H,5,6). The number of ether oxygens (including phenoxy) is 1. The molecule has 1 saturated heterocycles. The monoisotopic (exact) mass is 437 g/mol. The molecule has 1 aliphatic heterocycles. The van der Waals surface area contributed by atoms with Crippen molar-refractivity contribution >= 4 is 17.6 Å². The molecule has 5 rings (SSSR count). The molecule has 0 unspecified atom stereocenters. The van der Waals surface area contributed by atoms with E-state index in [4.69, 9.17) is 15.6 Å². The fourth-order valence-electron chi connectivity index (χ4n) is 3.98. The summed E-state index contributed by atoms with van der Waals surface area (Å²) in [6.07, 6.45) is 4.49. The van der Waals surface area contributed by atoms with Crippen LogP contribution < -0.4 is 5.73 Å². The first-order chi connectivity index (χ1) is 15.5. The van der Waals surface area contributed by atoms with Gasteiger partial charge in [0.2, 0.25) is 5.95 Å². The summed E-state index contributed by atoms with van der Waals surface area (Å²) in [6.45, 7) is 6.08. The zero-order chi connectivity index (χ0) is 22.5. The van der Waals surface area contributed by atoms with Crippen LogP contribution in [0.25, 0.3) is 16.9 Å². The number of pyridine rings is 1. The second-order valence-electron chi connectivity index (χ2n) is 8.39. The van der Waals surface area contributed by atoms with Crippen LogP contribution in [0.15, 0.2) is 42.5 Å². The average molecular weight is 438 g/mol. The molecule has 170 valence electrons. The molecule has 0 bridgehead atoms. The minimum atomic E-state index is -0.630. The number of benzene rings is 1. The minimum absolute atomic E-state index is 0.0185. The number of piperidine rings is 1. The van der Waals surface area contributed by atoms with Gasteiger partial charge in [0.15, 0.2) is 5.65 Å². The summed E-state index contributed by atoms with van der Waals surface area (Å²) in [5.41, 5.74) is 9.94. The third-order valence-electron chi connectivity index (χ3n) is 5.90. The van der Waals surface area contributed by atoms with Crippen LogP contribution >= 0.6 is 0 Å². The van der Waals surface area contributed by atoms with Crippen molar-refractivity contribution in [3.05, 3.63) is 48.0 Å². The first-order valence-corrected chi connectivity index (χ1v) is 11.3. The van der Waals surface area contributed by atoms with Gasteiger partial charge in [-0.25, -0.2) is 4.52 Å². The van der Waals surface area contributed by atoms with E-state index in [2.05, 4.69) is 46.2 Å². The van der Waals surface area contributed by atoms with E-state index in [1.165, 1.54) is 5.56 Å². The Morgan fingerprint density at radius 3 is 2.44 bits per heavy atom. The number of likely N-dealkylation sites (tertiary alicyclic amines) is 1. The number of aliphatic carboxylic acids is 1. The maximum absolute atomic E-state index is 9.76. The number of hydrogen-bond acceptors (Lipinski definition) is 6.